The van der Waals surface area contributed by atoms with Gasteiger partial charge in [-0.2, -0.15) is 0 Å². The second-order valence-electron chi connectivity index (χ2n) is 6.69. The van der Waals surface area contributed by atoms with Gasteiger partial charge in [-0.1, -0.05) is 47.1 Å². The minimum atomic E-state index is -1.12. The number of carbonyl (C=O) groups excluding carboxylic acids is 1. The van der Waals surface area contributed by atoms with E-state index in [9.17, 15) is 14.7 Å². The molecule has 0 aliphatic carbocycles. The van der Waals surface area contributed by atoms with Crippen molar-refractivity contribution in [3.05, 3.63) is 99.3 Å². The molecule has 0 aliphatic rings. The first kappa shape index (κ1) is 22.4. The van der Waals surface area contributed by atoms with E-state index in [0.29, 0.717) is 14.9 Å². The fourth-order valence-corrected chi connectivity index (χ4v) is 4.94. The molecule has 2 N–H and O–H groups in total. The van der Waals surface area contributed by atoms with Gasteiger partial charge in [0.25, 0.3) is 5.91 Å². The van der Waals surface area contributed by atoms with Crippen molar-refractivity contribution >= 4 is 63.9 Å². The predicted molar refractivity (Wildman–Crippen MR) is 132 cm³/mol. The van der Waals surface area contributed by atoms with Gasteiger partial charge >= 0.3 is 5.97 Å². The van der Waals surface area contributed by atoms with Crippen LogP contribution in [0.3, 0.4) is 0 Å². The third-order valence-electron chi connectivity index (χ3n) is 4.48. The molecule has 3 aromatic carbocycles. The molecule has 1 heterocycles. The number of thiophene rings is 1. The number of carbonyl (C=O) groups is 2. The standard InChI is InChI=1S/C24H15Cl2NO3S2/c25-15-3-1-14(2-4-15)21-11-12-22(32-21)23(28)27-20-10-9-18(13-19(20)24(29)30)31-17-7-5-16(26)6-8-17/h1-13H,(H,27,28)(H,29,30). The molecule has 4 rings (SSSR count). The Kier molecular flexibility index (Phi) is 6.86. The van der Waals surface area contributed by atoms with E-state index in [2.05, 4.69) is 5.32 Å². The van der Waals surface area contributed by atoms with Crippen molar-refractivity contribution in [2.24, 2.45) is 0 Å². The minimum absolute atomic E-state index is 0.0202. The highest BCUT2D eigenvalue weighted by atomic mass is 35.5. The van der Waals surface area contributed by atoms with Crippen LogP contribution in [0, 0.1) is 0 Å². The van der Waals surface area contributed by atoms with Gasteiger partial charge in [-0.05, 0) is 72.3 Å². The third-order valence-corrected chi connectivity index (χ3v) is 7.11. The van der Waals surface area contributed by atoms with Gasteiger partial charge in [0.15, 0.2) is 0 Å². The Labute approximate surface area is 202 Å². The fourth-order valence-electron chi connectivity index (χ4n) is 2.92. The number of benzene rings is 3. The van der Waals surface area contributed by atoms with Crippen LogP contribution in [0.1, 0.15) is 20.0 Å². The molecule has 4 aromatic rings. The van der Waals surface area contributed by atoms with Crippen molar-refractivity contribution in [3.63, 3.8) is 0 Å². The highest BCUT2D eigenvalue weighted by molar-refractivity contribution is 7.99. The molecule has 0 radical (unpaired) electrons. The summed E-state index contributed by atoms with van der Waals surface area (Å²) in [6, 6.07) is 23.1. The average molecular weight is 500 g/mol. The molecular formula is C24H15Cl2NO3S2. The lowest BCUT2D eigenvalue weighted by Crippen LogP contribution is -2.13. The monoisotopic (exact) mass is 499 g/mol. The lowest BCUT2D eigenvalue weighted by Gasteiger charge is -2.10. The number of rotatable bonds is 6. The van der Waals surface area contributed by atoms with E-state index in [0.717, 1.165) is 20.2 Å². The average Bonchev–Trinajstić information content (AvgIpc) is 3.27. The number of carboxylic acid groups (broad SMARTS) is 1. The highest BCUT2D eigenvalue weighted by Gasteiger charge is 2.16. The number of anilines is 1. The maximum atomic E-state index is 12.8. The second-order valence-corrected chi connectivity index (χ2v) is 9.80. The lowest BCUT2D eigenvalue weighted by atomic mass is 10.1. The third kappa shape index (κ3) is 5.34. The lowest BCUT2D eigenvalue weighted by molar-refractivity contribution is 0.0697. The molecule has 160 valence electrons. The molecule has 0 aliphatic heterocycles. The van der Waals surface area contributed by atoms with Crippen LogP contribution >= 0.6 is 46.3 Å². The van der Waals surface area contributed by atoms with Crippen LogP contribution in [0.5, 0.6) is 0 Å². The zero-order valence-corrected chi connectivity index (χ0v) is 19.5. The number of halogens is 2. The van der Waals surface area contributed by atoms with E-state index < -0.39 is 5.97 Å². The summed E-state index contributed by atoms with van der Waals surface area (Å²) in [5.41, 5.74) is 1.21. The molecule has 0 saturated heterocycles. The van der Waals surface area contributed by atoms with E-state index in [4.69, 9.17) is 23.2 Å². The first-order valence-electron chi connectivity index (χ1n) is 9.37. The summed E-state index contributed by atoms with van der Waals surface area (Å²) in [5.74, 6) is -1.48. The number of hydrogen-bond acceptors (Lipinski definition) is 4. The zero-order chi connectivity index (χ0) is 22.7. The molecule has 0 bridgehead atoms. The molecule has 8 heteroatoms. The Bertz CT molecular complexity index is 1290. The SMILES string of the molecule is O=C(Nc1ccc(Sc2ccc(Cl)cc2)cc1C(=O)O)c1ccc(-c2ccc(Cl)cc2)s1. The topological polar surface area (TPSA) is 66.4 Å². The summed E-state index contributed by atoms with van der Waals surface area (Å²) < 4.78 is 0. The van der Waals surface area contributed by atoms with Gasteiger partial charge in [-0.3, -0.25) is 4.79 Å². The molecule has 0 fully saturated rings. The van der Waals surface area contributed by atoms with E-state index in [1.54, 1.807) is 48.5 Å². The van der Waals surface area contributed by atoms with Gasteiger partial charge < -0.3 is 10.4 Å². The predicted octanol–water partition coefficient (Wildman–Crippen LogP) is 7.82. The minimum Gasteiger partial charge on any atom is -0.478 e. The number of carboxylic acids is 1. The van der Waals surface area contributed by atoms with Crippen LogP contribution in [0.4, 0.5) is 5.69 Å². The first-order chi connectivity index (χ1) is 15.4. The number of hydrogen-bond donors (Lipinski definition) is 2. The van der Waals surface area contributed by atoms with Crippen molar-refractivity contribution in [2.45, 2.75) is 9.79 Å². The first-order valence-corrected chi connectivity index (χ1v) is 11.8. The zero-order valence-electron chi connectivity index (χ0n) is 16.3. The smallest absolute Gasteiger partial charge is 0.337 e. The molecule has 4 nitrogen and oxygen atoms in total. The number of aromatic carboxylic acids is 1. The Morgan fingerprint density at radius 1 is 0.812 bits per heavy atom. The van der Waals surface area contributed by atoms with Crippen LogP contribution in [-0.2, 0) is 0 Å². The van der Waals surface area contributed by atoms with E-state index in [-0.39, 0.29) is 17.2 Å². The quantitative estimate of drug-likeness (QED) is 0.283. The highest BCUT2D eigenvalue weighted by Crippen LogP contribution is 2.33. The van der Waals surface area contributed by atoms with Crippen molar-refractivity contribution < 1.29 is 14.7 Å². The molecular weight excluding hydrogens is 485 g/mol. The van der Waals surface area contributed by atoms with Gasteiger partial charge in [0.05, 0.1) is 16.1 Å². The van der Waals surface area contributed by atoms with Gasteiger partial charge in [0.1, 0.15) is 0 Å². The van der Waals surface area contributed by atoms with Crippen molar-refractivity contribution in [1.82, 2.24) is 0 Å². The molecule has 0 saturated carbocycles. The van der Waals surface area contributed by atoms with E-state index >= 15 is 0 Å². The molecule has 1 aromatic heterocycles. The summed E-state index contributed by atoms with van der Waals surface area (Å²) >= 11 is 14.6. The molecule has 0 atom stereocenters. The van der Waals surface area contributed by atoms with Crippen LogP contribution < -0.4 is 5.32 Å². The van der Waals surface area contributed by atoms with Crippen LogP contribution in [0.15, 0.2) is 88.7 Å². The molecule has 0 unspecified atom stereocenters. The van der Waals surface area contributed by atoms with Crippen LogP contribution in [0.25, 0.3) is 10.4 Å². The van der Waals surface area contributed by atoms with Crippen molar-refractivity contribution in [2.75, 3.05) is 5.32 Å². The van der Waals surface area contributed by atoms with Crippen molar-refractivity contribution in [1.29, 1.82) is 0 Å². The Morgan fingerprint density at radius 3 is 2.09 bits per heavy atom. The molecule has 0 spiro atoms. The number of amides is 1. The summed E-state index contributed by atoms with van der Waals surface area (Å²) in [5, 5.41) is 13.7. The largest absolute Gasteiger partial charge is 0.478 e. The maximum Gasteiger partial charge on any atom is 0.337 e. The van der Waals surface area contributed by atoms with E-state index in [1.165, 1.54) is 23.1 Å². The molecule has 1 amide bonds. The summed E-state index contributed by atoms with van der Waals surface area (Å²) in [6.07, 6.45) is 0. The summed E-state index contributed by atoms with van der Waals surface area (Å²) in [6.45, 7) is 0. The maximum absolute atomic E-state index is 12.8. The summed E-state index contributed by atoms with van der Waals surface area (Å²) in [7, 11) is 0. The Hall–Kier alpha value is -2.77. The molecule has 32 heavy (non-hydrogen) atoms. The van der Waals surface area contributed by atoms with Crippen LogP contribution in [-0.4, -0.2) is 17.0 Å². The summed E-state index contributed by atoms with van der Waals surface area (Å²) in [4.78, 5) is 27.6. The fraction of sp³-hybridized carbons (Fsp3) is 0. The Balaban J connectivity index is 1.53. The Morgan fingerprint density at radius 2 is 1.44 bits per heavy atom. The number of nitrogens with one attached hydrogen (secondary N) is 1. The van der Waals surface area contributed by atoms with Gasteiger partial charge in [0, 0.05) is 24.7 Å². The van der Waals surface area contributed by atoms with Crippen molar-refractivity contribution in [3.8, 4) is 10.4 Å². The normalized spacial score (nSPS) is 10.7. The van der Waals surface area contributed by atoms with Crippen LogP contribution in [0.2, 0.25) is 10.0 Å². The van der Waals surface area contributed by atoms with Gasteiger partial charge in [-0.15, -0.1) is 11.3 Å². The van der Waals surface area contributed by atoms with Gasteiger partial charge in [0.2, 0.25) is 0 Å². The second kappa shape index (κ2) is 9.79. The van der Waals surface area contributed by atoms with Gasteiger partial charge in [-0.25, -0.2) is 4.79 Å². The van der Waals surface area contributed by atoms with E-state index in [1.807, 2.05) is 30.3 Å².